The van der Waals surface area contributed by atoms with Gasteiger partial charge in [0.2, 0.25) is 0 Å². The van der Waals surface area contributed by atoms with Gasteiger partial charge in [0.15, 0.2) is 0 Å². The first-order valence-corrected chi connectivity index (χ1v) is 4.89. The molecule has 0 saturated heterocycles. The van der Waals surface area contributed by atoms with Crippen LogP contribution in [0.15, 0.2) is 18.3 Å². The van der Waals surface area contributed by atoms with Gasteiger partial charge in [-0.1, -0.05) is 0 Å². The smallest absolute Gasteiger partial charge is 0.133 e. The van der Waals surface area contributed by atoms with Gasteiger partial charge in [0.1, 0.15) is 11.6 Å². The quantitative estimate of drug-likeness (QED) is 0.784. The molecule has 2 N–H and O–H groups in total. The highest BCUT2D eigenvalue weighted by Gasteiger charge is 2.10. The number of nitrogens with zero attached hydrogens (tertiary/aromatic N) is 2. The van der Waals surface area contributed by atoms with E-state index in [9.17, 15) is 0 Å². The van der Waals surface area contributed by atoms with E-state index in [4.69, 9.17) is 0 Å². The van der Waals surface area contributed by atoms with E-state index in [0.717, 1.165) is 28.6 Å². The van der Waals surface area contributed by atoms with Crippen LogP contribution in [0, 0.1) is 13.8 Å². The van der Waals surface area contributed by atoms with Crippen molar-refractivity contribution in [3.8, 4) is 11.4 Å². The number of anilines is 1. The maximum atomic E-state index is 4.44. The largest absolute Gasteiger partial charge is 0.373 e. The molecular formula is C11H14N4. The molecule has 4 heteroatoms. The lowest BCUT2D eigenvalue weighted by atomic mass is 10.2. The molecule has 0 saturated carbocycles. The van der Waals surface area contributed by atoms with Crippen molar-refractivity contribution in [3.05, 3.63) is 29.7 Å². The summed E-state index contributed by atoms with van der Waals surface area (Å²) in [4.78, 5) is 11.9. The predicted molar refractivity (Wildman–Crippen MR) is 60.8 cm³/mol. The van der Waals surface area contributed by atoms with E-state index < -0.39 is 0 Å². The average molecular weight is 202 g/mol. The summed E-state index contributed by atoms with van der Waals surface area (Å²) < 4.78 is 0. The van der Waals surface area contributed by atoms with Gasteiger partial charge in [-0.2, -0.15) is 0 Å². The number of hydrogen-bond acceptors (Lipinski definition) is 3. The van der Waals surface area contributed by atoms with E-state index in [-0.39, 0.29) is 0 Å². The maximum Gasteiger partial charge on any atom is 0.133 e. The molecule has 0 aliphatic carbocycles. The molecule has 0 radical (unpaired) electrons. The molecule has 0 amide bonds. The monoisotopic (exact) mass is 202 g/mol. The molecule has 0 aliphatic rings. The van der Waals surface area contributed by atoms with Gasteiger partial charge in [-0.15, -0.1) is 0 Å². The number of aromatic nitrogens is 3. The van der Waals surface area contributed by atoms with Crippen molar-refractivity contribution in [3.63, 3.8) is 0 Å². The zero-order valence-corrected chi connectivity index (χ0v) is 9.13. The standard InChI is InChI=1S/C11H14N4/c1-7-10(9-5-4-6-13-9)14-8(2)15-11(7)12-3/h4-6,13H,1-3H3,(H,12,14,15). The first-order valence-electron chi connectivity index (χ1n) is 4.89. The van der Waals surface area contributed by atoms with Crippen molar-refractivity contribution < 1.29 is 0 Å². The number of H-pyrrole nitrogens is 1. The van der Waals surface area contributed by atoms with Gasteiger partial charge < -0.3 is 10.3 Å². The molecule has 2 aromatic heterocycles. The number of nitrogens with one attached hydrogen (secondary N) is 2. The van der Waals surface area contributed by atoms with Crippen LogP contribution in [0.5, 0.6) is 0 Å². The lowest BCUT2D eigenvalue weighted by Gasteiger charge is -2.09. The zero-order valence-electron chi connectivity index (χ0n) is 9.13. The van der Waals surface area contributed by atoms with Crippen LogP contribution in [-0.2, 0) is 0 Å². The fourth-order valence-corrected chi connectivity index (χ4v) is 1.61. The first kappa shape index (κ1) is 9.71. The zero-order chi connectivity index (χ0) is 10.8. The second kappa shape index (κ2) is 3.73. The van der Waals surface area contributed by atoms with Gasteiger partial charge in [0, 0.05) is 18.8 Å². The molecule has 0 bridgehead atoms. The van der Waals surface area contributed by atoms with Gasteiger partial charge in [0.05, 0.1) is 11.4 Å². The molecule has 78 valence electrons. The summed E-state index contributed by atoms with van der Waals surface area (Å²) in [6, 6.07) is 3.97. The van der Waals surface area contributed by atoms with Crippen LogP contribution in [0.25, 0.3) is 11.4 Å². The second-order valence-corrected chi connectivity index (χ2v) is 3.43. The van der Waals surface area contributed by atoms with Crippen molar-refractivity contribution in [2.45, 2.75) is 13.8 Å². The van der Waals surface area contributed by atoms with Crippen LogP contribution >= 0.6 is 0 Å². The minimum absolute atomic E-state index is 0.773. The Morgan fingerprint density at radius 1 is 1.27 bits per heavy atom. The molecule has 2 rings (SSSR count). The summed E-state index contributed by atoms with van der Waals surface area (Å²) in [5.74, 6) is 1.65. The molecular weight excluding hydrogens is 188 g/mol. The molecule has 0 aromatic carbocycles. The van der Waals surface area contributed by atoms with Crippen LogP contribution in [0.2, 0.25) is 0 Å². The summed E-state index contributed by atoms with van der Waals surface area (Å²) in [5.41, 5.74) is 3.04. The third kappa shape index (κ3) is 1.70. The third-order valence-corrected chi connectivity index (χ3v) is 2.35. The normalized spacial score (nSPS) is 10.3. The molecule has 15 heavy (non-hydrogen) atoms. The molecule has 2 heterocycles. The van der Waals surface area contributed by atoms with E-state index in [2.05, 4.69) is 20.3 Å². The minimum Gasteiger partial charge on any atom is -0.373 e. The Kier molecular flexibility index (Phi) is 2.41. The molecule has 0 fully saturated rings. The van der Waals surface area contributed by atoms with Crippen molar-refractivity contribution in [1.82, 2.24) is 15.0 Å². The van der Waals surface area contributed by atoms with E-state index in [1.807, 2.05) is 39.2 Å². The van der Waals surface area contributed by atoms with Gasteiger partial charge in [-0.3, -0.25) is 0 Å². The Morgan fingerprint density at radius 3 is 2.67 bits per heavy atom. The molecule has 4 nitrogen and oxygen atoms in total. The maximum absolute atomic E-state index is 4.44. The van der Waals surface area contributed by atoms with Crippen LogP contribution in [-0.4, -0.2) is 22.0 Å². The average Bonchev–Trinajstić information content (AvgIpc) is 2.74. The van der Waals surface area contributed by atoms with Gasteiger partial charge in [-0.05, 0) is 26.0 Å². The van der Waals surface area contributed by atoms with Gasteiger partial charge >= 0.3 is 0 Å². The number of hydrogen-bond donors (Lipinski definition) is 2. The summed E-state index contributed by atoms with van der Waals surface area (Å²) in [7, 11) is 1.87. The van der Waals surface area contributed by atoms with E-state index in [1.54, 1.807) is 0 Å². The van der Waals surface area contributed by atoms with Crippen LogP contribution in [0.4, 0.5) is 5.82 Å². The lowest BCUT2D eigenvalue weighted by molar-refractivity contribution is 1.03. The Labute approximate surface area is 88.8 Å². The topological polar surface area (TPSA) is 53.6 Å². The summed E-state index contributed by atoms with van der Waals surface area (Å²) >= 11 is 0. The van der Waals surface area contributed by atoms with Crippen molar-refractivity contribution in [1.29, 1.82) is 0 Å². The van der Waals surface area contributed by atoms with E-state index in [0.29, 0.717) is 0 Å². The van der Waals surface area contributed by atoms with E-state index >= 15 is 0 Å². The minimum atomic E-state index is 0.773. The van der Waals surface area contributed by atoms with E-state index in [1.165, 1.54) is 0 Å². The van der Waals surface area contributed by atoms with Crippen LogP contribution in [0.3, 0.4) is 0 Å². The Morgan fingerprint density at radius 2 is 2.07 bits per heavy atom. The summed E-state index contributed by atoms with van der Waals surface area (Å²) in [6.07, 6.45) is 1.89. The third-order valence-electron chi connectivity index (χ3n) is 2.35. The van der Waals surface area contributed by atoms with Crippen LogP contribution in [0.1, 0.15) is 11.4 Å². The summed E-state index contributed by atoms with van der Waals surface area (Å²) in [6.45, 7) is 3.91. The second-order valence-electron chi connectivity index (χ2n) is 3.43. The van der Waals surface area contributed by atoms with Crippen molar-refractivity contribution in [2.24, 2.45) is 0 Å². The van der Waals surface area contributed by atoms with Crippen LogP contribution < -0.4 is 5.32 Å². The Bertz CT molecular complexity index is 460. The number of aryl methyl sites for hydroxylation is 1. The molecule has 0 spiro atoms. The fraction of sp³-hybridized carbons (Fsp3) is 0.273. The fourth-order valence-electron chi connectivity index (χ4n) is 1.61. The SMILES string of the molecule is CNc1nc(C)nc(-c2ccc[nH]2)c1C. The summed E-state index contributed by atoms with van der Waals surface area (Å²) in [5, 5.41) is 3.07. The van der Waals surface area contributed by atoms with Crippen molar-refractivity contribution >= 4 is 5.82 Å². The lowest BCUT2D eigenvalue weighted by Crippen LogP contribution is -2.02. The highest BCUT2D eigenvalue weighted by atomic mass is 15.0. The molecule has 0 atom stereocenters. The Balaban J connectivity index is 2.61. The van der Waals surface area contributed by atoms with Gasteiger partial charge in [-0.25, -0.2) is 9.97 Å². The molecule has 2 aromatic rings. The van der Waals surface area contributed by atoms with Crippen molar-refractivity contribution in [2.75, 3.05) is 12.4 Å². The Hall–Kier alpha value is -1.84. The highest BCUT2D eigenvalue weighted by molar-refractivity contribution is 5.65. The molecule has 0 unspecified atom stereocenters. The number of aromatic amines is 1. The van der Waals surface area contributed by atoms with Gasteiger partial charge in [0.25, 0.3) is 0 Å². The first-order chi connectivity index (χ1) is 7.22. The molecule has 0 aliphatic heterocycles. The number of rotatable bonds is 2. The predicted octanol–water partition coefficient (Wildman–Crippen LogP) is 2.13. The highest BCUT2D eigenvalue weighted by Crippen LogP contribution is 2.23.